The third kappa shape index (κ3) is 4.13. The van der Waals surface area contributed by atoms with E-state index in [4.69, 9.17) is 11.6 Å². The molecule has 0 aliphatic carbocycles. The summed E-state index contributed by atoms with van der Waals surface area (Å²) in [5.41, 5.74) is 3.55. The van der Waals surface area contributed by atoms with Gasteiger partial charge in [0.15, 0.2) is 0 Å². The van der Waals surface area contributed by atoms with Gasteiger partial charge in [0.2, 0.25) is 0 Å². The maximum Gasteiger partial charge on any atom is 0.280 e. The second kappa shape index (κ2) is 8.58. The van der Waals surface area contributed by atoms with Gasteiger partial charge in [0.05, 0.1) is 5.69 Å². The molecule has 0 saturated carbocycles. The largest absolute Gasteiger partial charge is 0.322 e. The lowest BCUT2D eigenvalue weighted by atomic mass is 9.95. The number of rotatable bonds is 4. The predicted molar refractivity (Wildman–Crippen MR) is 124 cm³/mol. The van der Waals surface area contributed by atoms with Crippen LogP contribution in [0.3, 0.4) is 0 Å². The van der Waals surface area contributed by atoms with E-state index in [1.54, 1.807) is 19.2 Å². The molecule has 4 rings (SSSR count). The van der Waals surface area contributed by atoms with Crippen LogP contribution in [0.4, 0.5) is 5.69 Å². The molecule has 4 aromatic rings. The van der Waals surface area contributed by atoms with E-state index in [-0.39, 0.29) is 5.56 Å². The molecule has 31 heavy (non-hydrogen) atoms. The van der Waals surface area contributed by atoms with E-state index in [0.717, 1.165) is 16.7 Å². The highest BCUT2D eigenvalue weighted by Gasteiger charge is 2.24. The van der Waals surface area contributed by atoms with Crippen LogP contribution in [0.25, 0.3) is 22.4 Å². The van der Waals surface area contributed by atoms with Gasteiger partial charge in [-0.3, -0.25) is 9.59 Å². The molecular formula is C25H20ClN3O2. The number of aromatic nitrogens is 2. The maximum absolute atomic E-state index is 13.4. The first-order valence-electron chi connectivity index (χ1n) is 9.75. The Morgan fingerprint density at radius 3 is 2.16 bits per heavy atom. The number of nitrogens with zero attached hydrogens (tertiary/aromatic N) is 2. The number of carbonyl (C=O) groups is 1. The monoisotopic (exact) mass is 429 g/mol. The molecule has 0 unspecified atom stereocenters. The van der Waals surface area contributed by atoms with Crippen molar-refractivity contribution < 1.29 is 4.79 Å². The molecule has 1 aromatic heterocycles. The van der Waals surface area contributed by atoms with Crippen LogP contribution in [0.1, 0.15) is 15.9 Å². The minimum absolute atomic E-state index is 0.0271. The van der Waals surface area contributed by atoms with Crippen molar-refractivity contribution in [3.05, 3.63) is 105 Å². The molecule has 0 fully saturated rings. The number of hydrogen-bond acceptors (Lipinski definition) is 3. The first-order chi connectivity index (χ1) is 15.0. The van der Waals surface area contributed by atoms with E-state index < -0.39 is 11.5 Å². The molecular weight excluding hydrogens is 410 g/mol. The molecule has 0 aliphatic rings. The fourth-order valence-corrected chi connectivity index (χ4v) is 3.57. The molecule has 1 amide bonds. The summed E-state index contributed by atoms with van der Waals surface area (Å²) in [5, 5.41) is 7.85. The fourth-order valence-electron chi connectivity index (χ4n) is 3.39. The smallest absolute Gasteiger partial charge is 0.280 e. The number of anilines is 1. The minimum atomic E-state index is -0.515. The average molecular weight is 430 g/mol. The average Bonchev–Trinajstić information content (AvgIpc) is 2.78. The van der Waals surface area contributed by atoms with E-state index in [1.165, 1.54) is 4.68 Å². The topological polar surface area (TPSA) is 64.0 Å². The SMILES string of the molecule is Cc1ccc(NC(=O)c2c(-c3ccccc3)c(-c3ccccc3)nn(C)c2=O)cc1Cl. The van der Waals surface area contributed by atoms with Crippen molar-refractivity contribution in [3.63, 3.8) is 0 Å². The van der Waals surface area contributed by atoms with Crippen LogP contribution >= 0.6 is 11.6 Å². The molecule has 154 valence electrons. The third-order valence-corrected chi connectivity index (χ3v) is 5.42. The summed E-state index contributed by atoms with van der Waals surface area (Å²) in [4.78, 5) is 26.5. The van der Waals surface area contributed by atoms with Crippen LogP contribution < -0.4 is 10.9 Å². The molecule has 0 saturated heterocycles. The quantitative estimate of drug-likeness (QED) is 0.477. The van der Waals surface area contributed by atoms with Crippen molar-refractivity contribution in [3.8, 4) is 22.4 Å². The first-order valence-corrected chi connectivity index (χ1v) is 10.1. The molecule has 3 aromatic carbocycles. The number of halogens is 1. The molecule has 1 N–H and O–H groups in total. The molecule has 0 bridgehead atoms. The van der Waals surface area contributed by atoms with Gasteiger partial charge in [0.1, 0.15) is 5.56 Å². The van der Waals surface area contributed by atoms with Gasteiger partial charge in [-0.2, -0.15) is 5.10 Å². The van der Waals surface area contributed by atoms with Crippen LogP contribution in [-0.4, -0.2) is 15.7 Å². The molecule has 0 aliphatic heterocycles. The Hall–Kier alpha value is -3.70. The number of carbonyl (C=O) groups excluding carboxylic acids is 1. The standard InChI is InChI=1S/C25H20ClN3O2/c1-16-13-14-19(15-20(16)26)27-24(30)22-21(17-9-5-3-6-10-17)23(28-29(2)25(22)31)18-11-7-4-8-12-18/h3-15H,1-2H3,(H,27,30). The zero-order chi connectivity index (χ0) is 22.0. The lowest BCUT2D eigenvalue weighted by Crippen LogP contribution is -2.31. The van der Waals surface area contributed by atoms with Gasteiger partial charge in [-0.25, -0.2) is 4.68 Å². The van der Waals surface area contributed by atoms with Gasteiger partial charge in [-0.1, -0.05) is 78.3 Å². The summed E-state index contributed by atoms with van der Waals surface area (Å²) in [6.07, 6.45) is 0. The van der Waals surface area contributed by atoms with E-state index in [9.17, 15) is 9.59 Å². The summed E-state index contributed by atoms with van der Waals surface area (Å²) in [6.45, 7) is 1.88. The highest BCUT2D eigenvalue weighted by Crippen LogP contribution is 2.32. The predicted octanol–water partition coefficient (Wildman–Crippen LogP) is 5.33. The Balaban J connectivity index is 1.94. The van der Waals surface area contributed by atoms with Crippen molar-refractivity contribution in [1.29, 1.82) is 0 Å². The van der Waals surface area contributed by atoms with E-state index >= 15 is 0 Å². The maximum atomic E-state index is 13.4. The molecule has 1 heterocycles. The zero-order valence-corrected chi connectivity index (χ0v) is 17.9. The summed E-state index contributed by atoms with van der Waals surface area (Å²) in [5.74, 6) is -0.515. The molecule has 0 spiro atoms. The summed E-state index contributed by atoms with van der Waals surface area (Å²) in [7, 11) is 1.54. The van der Waals surface area contributed by atoms with Crippen LogP contribution in [0.15, 0.2) is 83.7 Å². The Morgan fingerprint density at radius 2 is 1.55 bits per heavy atom. The summed E-state index contributed by atoms with van der Waals surface area (Å²) >= 11 is 6.21. The summed E-state index contributed by atoms with van der Waals surface area (Å²) in [6, 6.07) is 24.1. The van der Waals surface area contributed by atoms with Crippen LogP contribution in [0.2, 0.25) is 5.02 Å². The molecule has 0 radical (unpaired) electrons. The fraction of sp³-hybridized carbons (Fsp3) is 0.0800. The Morgan fingerprint density at radius 1 is 0.935 bits per heavy atom. The van der Waals surface area contributed by atoms with Gasteiger partial charge >= 0.3 is 0 Å². The second-order valence-electron chi connectivity index (χ2n) is 7.18. The van der Waals surface area contributed by atoms with Crippen molar-refractivity contribution >= 4 is 23.2 Å². The van der Waals surface area contributed by atoms with Crippen molar-refractivity contribution in [1.82, 2.24) is 9.78 Å². The van der Waals surface area contributed by atoms with Crippen LogP contribution in [0.5, 0.6) is 0 Å². The van der Waals surface area contributed by atoms with Gasteiger partial charge in [0, 0.05) is 28.9 Å². The Labute approximate surface area is 184 Å². The third-order valence-electron chi connectivity index (χ3n) is 5.01. The van der Waals surface area contributed by atoms with E-state index in [0.29, 0.717) is 22.0 Å². The van der Waals surface area contributed by atoms with Gasteiger partial charge in [-0.15, -0.1) is 0 Å². The Kier molecular flexibility index (Phi) is 5.69. The minimum Gasteiger partial charge on any atom is -0.322 e. The summed E-state index contributed by atoms with van der Waals surface area (Å²) < 4.78 is 1.20. The van der Waals surface area contributed by atoms with Gasteiger partial charge < -0.3 is 5.32 Å². The second-order valence-corrected chi connectivity index (χ2v) is 7.58. The highest BCUT2D eigenvalue weighted by atomic mass is 35.5. The van der Waals surface area contributed by atoms with Crippen molar-refractivity contribution in [2.24, 2.45) is 7.05 Å². The van der Waals surface area contributed by atoms with Gasteiger partial charge in [0.25, 0.3) is 11.5 Å². The highest BCUT2D eigenvalue weighted by molar-refractivity contribution is 6.31. The van der Waals surface area contributed by atoms with Crippen molar-refractivity contribution in [2.45, 2.75) is 6.92 Å². The first kappa shape index (κ1) is 20.6. The van der Waals surface area contributed by atoms with E-state index in [2.05, 4.69) is 10.4 Å². The number of nitrogens with one attached hydrogen (secondary N) is 1. The van der Waals surface area contributed by atoms with Gasteiger partial charge in [-0.05, 0) is 30.2 Å². The van der Waals surface area contributed by atoms with E-state index in [1.807, 2.05) is 73.7 Å². The van der Waals surface area contributed by atoms with Crippen LogP contribution in [-0.2, 0) is 7.05 Å². The molecule has 6 heteroatoms. The number of hydrogen-bond donors (Lipinski definition) is 1. The van der Waals surface area contributed by atoms with Crippen LogP contribution in [0, 0.1) is 6.92 Å². The number of amides is 1. The molecule has 0 atom stereocenters. The number of benzene rings is 3. The lowest BCUT2D eigenvalue weighted by Gasteiger charge is -2.16. The number of aryl methyl sites for hydroxylation is 2. The normalized spacial score (nSPS) is 10.7. The lowest BCUT2D eigenvalue weighted by molar-refractivity contribution is 0.102. The zero-order valence-electron chi connectivity index (χ0n) is 17.1. The molecule has 5 nitrogen and oxygen atoms in total. The Bertz CT molecular complexity index is 1320. The van der Waals surface area contributed by atoms with Crippen molar-refractivity contribution in [2.75, 3.05) is 5.32 Å².